The van der Waals surface area contributed by atoms with Crippen molar-refractivity contribution >= 4 is 11.6 Å². The summed E-state index contributed by atoms with van der Waals surface area (Å²) in [5.41, 5.74) is 1.10. The van der Waals surface area contributed by atoms with Gasteiger partial charge in [0.15, 0.2) is 0 Å². The molecule has 2 heteroatoms. The highest BCUT2D eigenvalue weighted by molar-refractivity contribution is 6.22. The number of hydrogen-bond donors (Lipinski definition) is 1. The Bertz CT molecular complexity index is 256. The molecule has 12 heavy (non-hydrogen) atoms. The van der Waals surface area contributed by atoms with E-state index in [2.05, 4.69) is 6.58 Å². The zero-order valence-corrected chi connectivity index (χ0v) is 7.46. The smallest absolute Gasteiger partial charge is 0.103 e. The number of benzene rings is 1. The average Bonchev–Trinajstić information content (AvgIpc) is 2.06. The maximum Gasteiger partial charge on any atom is 0.103 e. The van der Waals surface area contributed by atoms with Gasteiger partial charge in [-0.05, 0) is 12.0 Å². The molecular weight excluding hydrogens is 172 g/mol. The van der Waals surface area contributed by atoms with Gasteiger partial charge in [-0.25, -0.2) is 0 Å². The molecule has 0 aromatic heterocycles. The lowest BCUT2D eigenvalue weighted by Crippen LogP contribution is -2.05. The molecule has 1 atom stereocenters. The van der Waals surface area contributed by atoms with E-state index in [0.29, 0.717) is 6.42 Å². The fraction of sp³-hybridized carbons (Fsp3) is 0.200. The molecule has 0 fully saturated rings. The third-order valence-corrected chi connectivity index (χ3v) is 2.03. The summed E-state index contributed by atoms with van der Waals surface area (Å²) in [5, 5.41) is 8.57. The number of aliphatic hydroxyl groups is 1. The Morgan fingerprint density at radius 1 is 1.42 bits per heavy atom. The van der Waals surface area contributed by atoms with Crippen LogP contribution >= 0.6 is 11.6 Å². The highest BCUT2D eigenvalue weighted by Gasteiger charge is 2.07. The van der Waals surface area contributed by atoms with Gasteiger partial charge in [0.05, 0.1) is 5.38 Å². The van der Waals surface area contributed by atoms with Crippen molar-refractivity contribution in [1.82, 2.24) is 0 Å². The van der Waals surface area contributed by atoms with E-state index in [0.717, 1.165) is 5.56 Å². The summed E-state index contributed by atoms with van der Waals surface area (Å²) in [5.74, 6) is 0.0283. The molecule has 0 aliphatic carbocycles. The number of allylic oxidation sites excluding steroid dienone is 1. The molecule has 0 saturated carbocycles. The number of halogens is 1. The molecule has 64 valence electrons. The van der Waals surface area contributed by atoms with Crippen LogP contribution in [-0.4, -0.2) is 10.5 Å². The fourth-order valence-electron chi connectivity index (χ4n) is 0.939. The Labute approximate surface area is 77.3 Å². The maximum atomic E-state index is 8.96. The van der Waals surface area contributed by atoms with Gasteiger partial charge < -0.3 is 5.11 Å². The zero-order valence-electron chi connectivity index (χ0n) is 6.70. The molecule has 1 N–H and O–H groups in total. The van der Waals surface area contributed by atoms with Crippen LogP contribution in [0.2, 0.25) is 0 Å². The largest absolute Gasteiger partial charge is 0.511 e. The first-order chi connectivity index (χ1) is 5.70. The van der Waals surface area contributed by atoms with Gasteiger partial charge >= 0.3 is 0 Å². The second-order valence-electron chi connectivity index (χ2n) is 2.65. The van der Waals surface area contributed by atoms with Crippen LogP contribution in [0.25, 0.3) is 0 Å². The molecule has 1 aromatic rings. The Kier molecular flexibility index (Phi) is 3.18. The second-order valence-corrected chi connectivity index (χ2v) is 3.18. The topological polar surface area (TPSA) is 20.2 Å². The van der Waals surface area contributed by atoms with Crippen molar-refractivity contribution < 1.29 is 5.11 Å². The lowest BCUT2D eigenvalue weighted by molar-refractivity contribution is 0.394. The van der Waals surface area contributed by atoms with Crippen molar-refractivity contribution in [2.75, 3.05) is 0 Å². The fourth-order valence-corrected chi connectivity index (χ4v) is 1.12. The molecular formula is C10H11ClO. The lowest BCUT2D eigenvalue weighted by atomic mass is 10.1. The Morgan fingerprint density at radius 3 is 2.50 bits per heavy atom. The molecule has 0 aliphatic heterocycles. The highest BCUT2D eigenvalue weighted by atomic mass is 35.5. The normalized spacial score (nSPS) is 12.4. The molecule has 1 rings (SSSR count). The SMILES string of the molecule is C=C(O)C(Cl)Cc1ccccc1. The lowest BCUT2D eigenvalue weighted by Gasteiger charge is -2.06. The van der Waals surface area contributed by atoms with E-state index >= 15 is 0 Å². The summed E-state index contributed by atoms with van der Waals surface area (Å²) in [4.78, 5) is 0. The van der Waals surface area contributed by atoms with Gasteiger partial charge in [0.1, 0.15) is 5.76 Å². The molecule has 0 radical (unpaired) electrons. The monoisotopic (exact) mass is 182 g/mol. The van der Waals surface area contributed by atoms with Gasteiger partial charge in [-0.2, -0.15) is 0 Å². The van der Waals surface area contributed by atoms with Crippen LogP contribution in [0.1, 0.15) is 5.56 Å². The van der Waals surface area contributed by atoms with Gasteiger partial charge in [0, 0.05) is 0 Å². The van der Waals surface area contributed by atoms with Crippen LogP contribution < -0.4 is 0 Å². The predicted molar refractivity (Wildman–Crippen MR) is 51.6 cm³/mol. The highest BCUT2D eigenvalue weighted by Crippen LogP contribution is 2.12. The first-order valence-electron chi connectivity index (χ1n) is 3.76. The van der Waals surface area contributed by atoms with Gasteiger partial charge in [0.2, 0.25) is 0 Å². The number of hydrogen-bond acceptors (Lipinski definition) is 1. The minimum atomic E-state index is -0.382. The van der Waals surface area contributed by atoms with Crippen molar-refractivity contribution in [3.8, 4) is 0 Å². The molecule has 0 saturated heterocycles. The van der Waals surface area contributed by atoms with E-state index in [4.69, 9.17) is 16.7 Å². The van der Waals surface area contributed by atoms with Crippen LogP contribution in [0.4, 0.5) is 0 Å². The van der Waals surface area contributed by atoms with Crippen LogP contribution in [-0.2, 0) is 6.42 Å². The summed E-state index contributed by atoms with van der Waals surface area (Å²) in [6.07, 6.45) is 0.623. The van der Waals surface area contributed by atoms with E-state index < -0.39 is 0 Å². The van der Waals surface area contributed by atoms with Gasteiger partial charge in [-0.15, -0.1) is 11.6 Å². The molecule has 0 spiro atoms. The van der Waals surface area contributed by atoms with Crippen molar-refractivity contribution in [3.63, 3.8) is 0 Å². The van der Waals surface area contributed by atoms with Crippen molar-refractivity contribution in [1.29, 1.82) is 0 Å². The van der Waals surface area contributed by atoms with Gasteiger partial charge in [0.25, 0.3) is 0 Å². The average molecular weight is 183 g/mol. The van der Waals surface area contributed by atoms with Crippen molar-refractivity contribution in [2.45, 2.75) is 11.8 Å². The Hall–Kier alpha value is -0.950. The summed E-state index contributed by atoms with van der Waals surface area (Å²) in [6.45, 7) is 3.37. The van der Waals surface area contributed by atoms with Crippen LogP contribution in [0, 0.1) is 0 Å². The molecule has 1 nitrogen and oxygen atoms in total. The first kappa shape index (κ1) is 9.14. The summed E-state index contributed by atoms with van der Waals surface area (Å²) in [6, 6.07) is 9.77. The van der Waals surface area contributed by atoms with E-state index in [9.17, 15) is 0 Å². The molecule has 0 aliphatic rings. The Balaban J connectivity index is 2.58. The minimum absolute atomic E-state index is 0.0283. The second kappa shape index (κ2) is 4.17. The molecule has 1 aromatic carbocycles. The summed E-state index contributed by atoms with van der Waals surface area (Å²) in [7, 11) is 0. The van der Waals surface area contributed by atoms with Crippen molar-refractivity contribution in [3.05, 3.63) is 48.2 Å². The first-order valence-corrected chi connectivity index (χ1v) is 4.19. The standard InChI is InChI=1S/C10H11ClO/c1-8(12)10(11)7-9-5-3-2-4-6-9/h2-6,10,12H,1,7H2. The maximum absolute atomic E-state index is 8.96. The summed E-state index contributed by atoms with van der Waals surface area (Å²) < 4.78 is 0. The number of aliphatic hydroxyl groups excluding tert-OH is 1. The van der Waals surface area contributed by atoms with E-state index in [1.807, 2.05) is 30.3 Å². The molecule has 0 bridgehead atoms. The summed E-state index contributed by atoms with van der Waals surface area (Å²) >= 11 is 5.80. The third kappa shape index (κ3) is 2.59. The van der Waals surface area contributed by atoms with Crippen LogP contribution in [0.15, 0.2) is 42.7 Å². The van der Waals surface area contributed by atoms with Crippen LogP contribution in [0.5, 0.6) is 0 Å². The van der Waals surface area contributed by atoms with Crippen LogP contribution in [0.3, 0.4) is 0 Å². The quantitative estimate of drug-likeness (QED) is 0.563. The minimum Gasteiger partial charge on any atom is -0.511 e. The van der Waals surface area contributed by atoms with Gasteiger partial charge in [-0.3, -0.25) is 0 Å². The Morgan fingerprint density at radius 2 is 2.00 bits per heavy atom. The van der Waals surface area contributed by atoms with E-state index in [1.54, 1.807) is 0 Å². The predicted octanol–water partition coefficient (Wildman–Crippen LogP) is 2.91. The number of alkyl halides is 1. The molecule has 1 unspecified atom stereocenters. The third-order valence-electron chi connectivity index (χ3n) is 1.62. The molecule has 0 amide bonds. The number of rotatable bonds is 3. The van der Waals surface area contributed by atoms with Crippen molar-refractivity contribution in [2.24, 2.45) is 0 Å². The zero-order chi connectivity index (χ0) is 8.97. The van der Waals surface area contributed by atoms with Gasteiger partial charge in [-0.1, -0.05) is 36.9 Å². The van der Waals surface area contributed by atoms with E-state index in [1.165, 1.54) is 0 Å². The molecule has 0 heterocycles. The van der Waals surface area contributed by atoms with E-state index in [-0.39, 0.29) is 11.1 Å².